The topological polar surface area (TPSA) is 23.6 Å². The highest BCUT2D eigenvalue weighted by molar-refractivity contribution is 6.01. The smallest absolute Gasteiger partial charge is 0.164 e. The third-order valence-corrected chi connectivity index (χ3v) is 4.94. The molecule has 1 aromatic rings. The van der Waals surface area contributed by atoms with E-state index in [1.807, 2.05) is 19.1 Å². The van der Waals surface area contributed by atoms with E-state index in [4.69, 9.17) is 0 Å². The largest absolute Gasteiger partial charge is 0.369 e. The summed E-state index contributed by atoms with van der Waals surface area (Å²) >= 11 is 0. The van der Waals surface area contributed by atoms with Gasteiger partial charge in [0.25, 0.3) is 0 Å². The lowest BCUT2D eigenvalue weighted by atomic mass is 10.1. The van der Waals surface area contributed by atoms with Crippen molar-refractivity contribution in [3.63, 3.8) is 0 Å². The molecule has 3 rings (SSSR count). The Bertz CT molecular complexity index is 494. The second kappa shape index (κ2) is 6.61. The van der Waals surface area contributed by atoms with Crippen LogP contribution in [0.3, 0.4) is 0 Å². The van der Waals surface area contributed by atoms with Gasteiger partial charge in [-0.2, -0.15) is 0 Å². The van der Waals surface area contributed by atoms with Crippen molar-refractivity contribution in [3.05, 3.63) is 29.8 Å². The van der Waals surface area contributed by atoms with E-state index in [2.05, 4.69) is 21.9 Å². The molecule has 1 unspecified atom stereocenters. The molecule has 1 atom stereocenters. The molecule has 0 bridgehead atoms. The van der Waals surface area contributed by atoms with Gasteiger partial charge in [0.15, 0.2) is 5.78 Å². The maximum absolute atomic E-state index is 12.1. The lowest BCUT2D eigenvalue weighted by Crippen LogP contribution is -2.41. The second-order valence-corrected chi connectivity index (χ2v) is 6.28. The Morgan fingerprint density at radius 1 is 1.14 bits per heavy atom. The molecule has 21 heavy (non-hydrogen) atoms. The third kappa shape index (κ3) is 3.13. The molecule has 0 radical (unpaired) electrons. The molecule has 0 N–H and O–H groups in total. The van der Waals surface area contributed by atoms with Crippen LogP contribution in [0.1, 0.15) is 49.4 Å². The zero-order chi connectivity index (χ0) is 14.7. The van der Waals surface area contributed by atoms with E-state index in [0.717, 1.165) is 24.3 Å². The van der Waals surface area contributed by atoms with E-state index in [1.165, 1.54) is 38.8 Å². The summed E-state index contributed by atoms with van der Waals surface area (Å²) in [5, 5.41) is 0. The van der Waals surface area contributed by atoms with Crippen molar-refractivity contribution in [1.82, 2.24) is 4.90 Å². The lowest BCUT2D eigenvalue weighted by Gasteiger charge is -2.32. The van der Waals surface area contributed by atoms with Gasteiger partial charge in [0, 0.05) is 36.8 Å². The number of hydrogen-bond acceptors (Lipinski definition) is 3. The van der Waals surface area contributed by atoms with Crippen molar-refractivity contribution in [2.75, 3.05) is 31.1 Å². The normalized spacial score (nSPS) is 23.5. The van der Waals surface area contributed by atoms with Crippen molar-refractivity contribution in [1.29, 1.82) is 0 Å². The predicted molar refractivity (Wildman–Crippen MR) is 87.1 cm³/mol. The number of hydrogen-bond donors (Lipinski definition) is 0. The van der Waals surface area contributed by atoms with Crippen LogP contribution in [0.2, 0.25) is 0 Å². The first-order valence-corrected chi connectivity index (χ1v) is 8.41. The van der Waals surface area contributed by atoms with Crippen LogP contribution in [-0.2, 0) is 0 Å². The fourth-order valence-electron chi connectivity index (χ4n) is 3.72. The molecule has 0 aliphatic carbocycles. The van der Waals surface area contributed by atoms with Gasteiger partial charge in [-0.15, -0.1) is 0 Å². The molecule has 3 heteroatoms. The molecular formula is C18H26N2O. The number of Topliss-reactive ketones (excluding diaryl/α,β-unsaturated/α-hetero) is 1. The van der Waals surface area contributed by atoms with Crippen LogP contribution in [0.15, 0.2) is 24.3 Å². The summed E-state index contributed by atoms with van der Waals surface area (Å²) in [4.78, 5) is 17.2. The number of piperidine rings is 1. The van der Waals surface area contributed by atoms with Crippen molar-refractivity contribution >= 4 is 11.5 Å². The van der Waals surface area contributed by atoms with Crippen LogP contribution in [0.4, 0.5) is 5.69 Å². The van der Waals surface area contributed by atoms with Crippen LogP contribution >= 0.6 is 0 Å². The summed E-state index contributed by atoms with van der Waals surface area (Å²) in [6.45, 7) is 6.62. The Labute approximate surface area is 127 Å². The third-order valence-electron chi connectivity index (χ3n) is 4.94. The Morgan fingerprint density at radius 2 is 1.90 bits per heavy atom. The highest BCUT2D eigenvalue weighted by Gasteiger charge is 2.29. The maximum Gasteiger partial charge on any atom is 0.164 e. The predicted octanol–water partition coefficient (Wildman–Crippen LogP) is 3.34. The van der Waals surface area contributed by atoms with Gasteiger partial charge in [-0.3, -0.25) is 9.69 Å². The van der Waals surface area contributed by atoms with E-state index in [1.54, 1.807) is 0 Å². The number of rotatable bonds is 4. The lowest BCUT2D eigenvalue weighted by molar-refractivity contribution is 0.0988. The number of benzene rings is 1. The number of carbonyl (C=O) groups excluding carboxylic acids is 1. The van der Waals surface area contributed by atoms with Crippen LogP contribution in [0.5, 0.6) is 0 Å². The highest BCUT2D eigenvalue weighted by Crippen LogP contribution is 2.28. The van der Waals surface area contributed by atoms with Crippen LogP contribution in [-0.4, -0.2) is 42.9 Å². The molecule has 114 valence electrons. The Balaban J connectivity index is 1.72. The van der Waals surface area contributed by atoms with Crippen LogP contribution < -0.4 is 4.90 Å². The van der Waals surface area contributed by atoms with Crippen molar-refractivity contribution in [2.24, 2.45) is 0 Å². The molecular weight excluding hydrogens is 260 g/mol. The van der Waals surface area contributed by atoms with Gasteiger partial charge in [0.2, 0.25) is 0 Å². The summed E-state index contributed by atoms with van der Waals surface area (Å²) < 4.78 is 0. The zero-order valence-electron chi connectivity index (χ0n) is 13.1. The first kappa shape index (κ1) is 14.6. The maximum atomic E-state index is 12.1. The fraction of sp³-hybridized carbons (Fsp3) is 0.611. The van der Waals surface area contributed by atoms with Gasteiger partial charge in [0.05, 0.1) is 0 Å². The van der Waals surface area contributed by atoms with Gasteiger partial charge in [0.1, 0.15) is 0 Å². The Morgan fingerprint density at radius 3 is 2.67 bits per heavy atom. The number of nitrogens with zero attached hydrogens (tertiary/aromatic N) is 2. The molecule has 0 spiro atoms. The van der Waals surface area contributed by atoms with Gasteiger partial charge in [-0.1, -0.05) is 25.5 Å². The monoisotopic (exact) mass is 286 g/mol. The molecule has 0 amide bonds. The number of carbonyl (C=O) groups is 1. The van der Waals surface area contributed by atoms with E-state index < -0.39 is 0 Å². The highest BCUT2D eigenvalue weighted by atomic mass is 16.1. The Kier molecular flexibility index (Phi) is 4.59. The fourth-order valence-corrected chi connectivity index (χ4v) is 3.72. The second-order valence-electron chi connectivity index (χ2n) is 6.28. The number of anilines is 1. The summed E-state index contributed by atoms with van der Waals surface area (Å²) in [6, 6.07) is 8.80. The summed E-state index contributed by atoms with van der Waals surface area (Å²) in [5.74, 6) is 0.257. The summed E-state index contributed by atoms with van der Waals surface area (Å²) in [6.07, 6.45) is 5.90. The van der Waals surface area contributed by atoms with Crippen molar-refractivity contribution in [2.45, 2.75) is 45.1 Å². The molecule has 2 aliphatic rings. The number of para-hydroxylation sites is 1. The average Bonchev–Trinajstić information content (AvgIpc) is 3.05. The standard InChI is InChI=1S/C18H26N2O/c1-2-18(21)16-8-4-5-9-17(16)20-13-10-15(14-20)19-11-6-3-7-12-19/h4-5,8-9,15H,2-3,6-7,10-14H2,1H3. The first-order valence-electron chi connectivity index (χ1n) is 8.41. The molecule has 2 fully saturated rings. The van der Waals surface area contributed by atoms with Gasteiger partial charge < -0.3 is 4.90 Å². The molecule has 2 aliphatic heterocycles. The molecule has 2 heterocycles. The molecule has 0 aromatic heterocycles. The average molecular weight is 286 g/mol. The van der Waals surface area contributed by atoms with Crippen LogP contribution in [0.25, 0.3) is 0 Å². The van der Waals surface area contributed by atoms with Gasteiger partial charge >= 0.3 is 0 Å². The number of likely N-dealkylation sites (tertiary alicyclic amines) is 1. The van der Waals surface area contributed by atoms with E-state index in [9.17, 15) is 4.79 Å². The minimum Gasteiger partial charge on any atom is -0.369 e. The van der Waals surface area contributed by atoms with Crippen molar-refractivity contribution in [3.8, 4) is 0 Å². The molecule has 2 saturated heterocycles. The van der Waals surface area contributed by atoms with Crippen molar-refractivity contribution < 1.29 is 4.79 Å². The summed E-state index contributed by atoms with van der Waals surface area (Å²) in [5.41, 5.74) is 2.04. The van der Waals surface area contributed by atoms with Gasteiger partial charge in [-0.25, -0.2) is 0 Å². The molecule has 0 saturated carbocycles. The molecule has 3 nitrogen and oxygen atoms in total. The summed E-state index contributed by atoms with van der Waals surface area (Å²) in [7, 11) is 0. The van der Waals surface area contributed by atoms with E-state index >= 15 is 0 Å². The minimum atomic E-state index is 0.257. The number of ketones is 1. The quantitative estimate of drug-likeness (QED) is 0.793. The van der Waals surface area contributed by atoms with Gasteiger partial charge in [-0.05, 0) is 44.5 Å². The Hall–Kier alpha value is -1.35. The molecule has 1 aromatic carbocycles. The SMILES string of the molecule is CCC(=O)c1ccccc1N1CCC(N2CCCCC2)C1. The zero-order valence-corrected chi connectivity index (χ0v) is 13.1. The minimum absolute atomic E-state index is 0.257. The van der Waals surface area contributed by atoms with E-state index in [-0.39, 0.29) is 5.78 Å². The van der Waals surface area contributed by atoms with E-state index in [0.29, 0.717) is 12.5 Å². The first-order chi connectivity index (χ1) is 10.3. The van der Waals surface area contributed by atoms with Crippen LogP contribution in [0, 0.1) is 0 Å².